The van der Waals surface area contributed by atoms with E-state index in [1.54, 1.807) is 0 Å². The van der Waals surface area contributed by atoms with Gasteiger partial charge in [-0.3, -0.25) is 4.57 Å². The third-order valence-corrected chi connectivity index (χ3v) is 8.69. The smallest absolute Gasteiger partial charge is 0.363 e. The summed E-state index contributed by atoms with van der Waals surface area (Å²) in [5, 5.41) is 4.24. The van der Waals surface area contributed by atoms with Crippen LogP contribution in [0.25, 0.3) is 0 Å². The molecule has 0 spiro atoms. The topological polar surface area (TPSA) is 47.6 Å². The number of halogens is 1. The highest BCUT2D eigenvalue weighted by Gasteiger charge is 2.45. The van der Waals surface area contributed by atoms with E-state index >= 15 is 0 Å². The number of para-hydroxylation sites is 1. The summed E-state index contributed by atoms with van der Waals surface area (Å²) >= 11 is 0. The molecule has 1 aliphatic carbocycles. The summed E-state index contributed by atoms with van der Waals surface area (Å²) in [5.41, 5.74) is 5.55. The summed E-state index contributed by atoms with van der Waals surface area (Å²) in [5.74, 6) is 0.155. The van der Waals surface area contributed by atoms with Gasteiger partial charge in [0.15, 0.2) is 0 Å². The predicted molar refractivity (Wildman–Crippen MR) is 125 cm³/mol. The number of hydrogen-bond acceptors (Lipinski definition) is 4. The van der Waals surface area contributed by atoms with Gasteiger partial charge in [0.2, 0.25) is 0 Å². The molecule has 1 heterocycles. The molecule has 0 amide bonds. The van der Waals surface area contributed by atoms with E-state index in [0.717, 1.165) is 23.2 Å². The molecule has 2 aliphatic rings. The molecule has 3 aromatic rings. The molecule has 4 nitrogen and oxygen atoms in total. The molecule has 0 radical (unpaired) electrons. The number of hydrogen-bond donors (Lipinski definition) is 1. The van der Waals surface area contributed by atoms with Crippen molar-refractivity contribution in [1.82, 2.24) is 0 Å². The number of anilines is 1. The maximum Gasteiger partial charge on any atom is 0.363 e. The van der Waals surface area contributed by atoms with Gasteiger partial charge in [-0.15, -0.1) is 0 Å². The highest BCUT2D eigenvalue weighted by atomic mass is 31.2. The summed E-state index contributed by atoms with van der Waals surface area (Å²) in [4.78, 5) is 0. The van der Waals surface area contributed by atoms with Crippen LogP contribution in [0.15, 0.2) is 66.7 Å². The zero-order chi connectivity index (χ0) is 22.3. The largest absolute Gasteiger partial charge is 0.377 e. The van der Waals surface area contributed by atoms with Crippen molar-refractivity contribution >= 4 is 18.6 Å². The minimum atomic E-state index is -3.50. The van der Waals surface area contributed by atoms with E-state index in [-0.39, 0.29) is 36.9 Å². The Morgan fingerprint density at radius 3 is 2.34 bits per heavy atom. The number of rotatable bonds is 6. The normalized spacial score (nSPS) is 21.4. The lowest BCUT2D eigenvalue weighted by atomic mass is 9.75. The Morgan fingerprint density at radius 1 is 0.938 bits per heavy atom. The Labute approximate surface area is 188 Å². The van der Waals surface area contributed by atoms with Crippen molar-refractivity contribution in [3.8, 4) is 0 Å². The van der Waals surface area contributed by atoms with Gasteiger partial charge in [-0.25, -0.2) is 4.39 Å². The van der Waals surface area contributed by atoms with Crippen LogP contribution in [0.3, 0.4) is 0 Å². The first-order valence-electron chi connectivity index (χ1n) is 11.2. The van der Waals surface area contributed by atoms with Crippen LogP contribution < -0.4 is 10.6 Å². The number of benzene rings is 3. The molecule has 32 heavy (non-hydrogen) atoms. The van der Waals surface area contributed by atoms with Crippen LogP contribution in [0.1, 0.15) is 48.1 Å². The zero-order valence-electron chi connectivity index (χ0n) is 18.3. The fraction of sp³-hybridized carbons (Fsp3) is 0.308. The van der Waals surface area contributed by atoms with E-state index in [1.165, 1.54) is 23.3 Å². The minimum absolute atomic E-state index is 0.0571. The SMILES string of the molecule is CCOP(=O)(OCC)c1cccc2c1N[C@H](c1ccc(F)cc1)[C@@H]1Cc3ccccc3[C@H]21. The lowest BCUT2D eigenvalue weighted by Gasteiger charge is -2.39. The summed E-state index contributed by atoms with van der Waals surface area (Å²) < 4.78 is 38.9. The van der Waals surface area contributed by atoms with Gasteiger partial charge in [-0.05, 0) is 66.6 Å². The van der Waals surface area contributed by atoms with Gasteiger partial charge < -0.3 is 14.4 Å². The Balaban J connectivity index is 1.70. The molecule has 0 aromatic heterocycles. The third kappa shape index (κ3) is 3.49. The maximum atomic E-state index is 13.8. The molecule has 3 aromatic carbocycles. The Morgan fingerprint density at radius 2 is 1.62 bits per heavy atom. The summed E-state index contributed by atoms with van der Waals surface area (Å²) in [6, 6.07) is 21.0. The lowest BCUT2D eigenvalue weighted by molar-refractivity contribution is 0.230. The molecule has 0 bridgehead atoms. The van der Waals surface area contributed by atoms with Gasteiger partial charge in [-0.2, -0.15) is 0 Å². The molecule has 0 saturated carbocycles. The fourth-order valence-electron chi connectivity index (χ4n) is 5.32. The van der Waals surface area contributed by atoms with E-state index in [9.17, 15) is 8.96 Å². The van der Waals surface area contributed by atoms with Crippen LogP contribution in [-0.2, 0) is 20.0 Å². The van der Waals surface area contributed by atoms with Crippen LogP contribution in [0.5, 0.6) is 0 Å². The standard InChI is InChI=1S/C26H27FNO3P/c1-3-30-32(29,31-4-2)23-11-7-10-21-24-20-9-6-5-8-18(20)16-22(24)25(28-26(21)23)17-12-14-19(27)15-13-17/h5-15,22,24-25,28H,3-4,16H2,1-2H3/t22-,24-,25-/m1/s1. The highest BCUT2D eigenvalue weighted by molar-refractivity contribution is 7.62. The van der Waals surface area contributed by atoms with E-state index < -0.39 is 7.60 Å². The average Bonchev–Trinajstić information content (AvgIpc) is 3.19. The van der Waals surface area contributed by atoms with Crippen LogP contribution in [-0.4, -0.2) is 13.2 Å². The van der Waals surface area contributed by atoms with Crippen molar-refractivity contribution < 1.29 is 18.0 Å². The molecular formula is C26H27FNO3P. The van der Waals surface area contributed by atoms with Gasteiger partial charge in [-0.1, -0.05) is 48.5 Å². The quantitative estimate of drug-likeness (QED) is 0.454. The van der Waals surface area contributed by atoms with Gasteiger partial charge in [0.1, 0.15) is 5.82 Å². The number of nitrogens with one attached hydrogen (secondary N) is 1. The second-order valence-corrected chi connectivity index (χ2v) is 10.3. The van der Waals surface area contributed by atoms with E-state index in [4.69, 9.17) is 9.05 Å². The fourth-order valence-corrected chi connectivity index (χ4v) is 7.08. The highest BCUT2D eigenvalue weighted by Crippen LogP contribution is 2.57. The van der Waals surface area contributed by atoms with E-state index in [2.05, 4.69) is 35.6 Å². The van der Waals surface area contributed by atoms with Crippen LogP contribution in [0.4, 0.5) is 10.1 Å². The molecule has 0 saturated heterocycles. The van der Waals surface area contributed by atoms with Crippen LogP contribution in [0, 0.1) is 11.7 Å². The molecule has 5 rings (SSSR count). The molecule has 1 aliphatic heterocycles. The van der Waals surface area contributed by atoms with Gasteiger partial charge in [0.05, 0.1) is 30.2 Å². The van der Waals surface area contributed by atoms with Gasteiger partial charge in [0.25, 0.3) is 0 Å². The molecule has 3 atom stereocenters. The van der Waals surface area contributed by atoms with Crippen LogP contribution in [0.2, 0.25) is 0 Å². The van der Waals surface area contributed by atoms with E-state index in [0.29, 0.717) is 5.30 Å². The summed E-state index contributed by atoms with van der Waals surface area (Å²) in [7, 11) is -3.50. The second-order valence-electron chi connectivity index (χ2n) is 8.29. The number of fused-ring (bicyclic) bond motifs is 5. The first-order valence-corrected chi connectivity index (χ1v) is 12.7. The summed E-state index contributed by atoms with van der Waals surface area (Å²) in [6.07, 6.45) is 0.925. The molecule has 0 unspecified atom stereocenters. The van der Waals surface area contributed by atoms with Crippen molar-refractivity contribution in [3.63, 3.8) is 0 Å². The molecule has 166 valence electrons. The third-order valence-electron chi connectivity index (χ3n) is 6.53. The Hall–Kier alpha value is -2.46. The van der Waals surface area contributed by atoms with Crippen molar-refractivity contribution in [1.29, 1.82) is 0 Å². The molecular weight excluding hydrogens is 424 g/mol. The lowest BCUT2D eigenvalue weighted by Crippen LogP contribution is -2.33. The van der Waals surface area contributed by atoms with Gasteiger partial charge in [0, 0.05) is 5.92 Å². The van der Waals surface area contributed by atoms with Crippen molar-refractivity contribution in [2.45, 2.75) is 32.2 Å². The predicted octanol–water partition coefficient (Wildman–Crippen LogP) is 6.19. The first-order chi connectivity index (χ1) is 15.6. The van der Waals surface area contributed by atoms with Gasteiger partial charge >= 0.3 is 7.60 Å². The summed E-state index contributed by atoms with van der Waals surface area (Å²) in [6.45, 7) is 4.21. The van der Waals surface area contributed by atoms with E-state index in [1.807, 2.05) is 38.1 Å². The van der Waals surface area contributed by atoms with Crippen molar-refractivity contribution in [2.24, 2.45) is 5.92 Å². The second kappa shape index (κ2) is 8.47. The minimum Gasteiger partial charge on any atom is -0.377 e. The monoisotopic (exact) mass is 451 g/mol. The Bertz CT molecular complexity index is 1170. The average molecular weight is 451 g/mol. The molecule has 0 fully saturated rings. The van der Waals surface area contributed by atoms with Crippen LogP contribution >= 0.6 is 7.60 Å². The van der Waals surface area contributed by atoms with Crippen molar-refractivity contribution in [3.05, 3.63) is 94.8 Å². The Kier molecular flexibility index (Phi) is 5.66. The molecule has 6 heteroatoms. The maximum absolute atomic E-state index is 13.8. The zero-order valence-corrected chi connectivity index (χ0v) is 19.1. The molecule has 1 N–H and O–H groups in total. The van der Waals surface area contributed by atoms with Crippen molar-refractivity contribution in [2.75, 3.05) is 18.5 Å². The first kappa shape index (κ1) is 21.4.